The van der Waals surface area contributed by atoms with E-state index in [0.29, 0.717) is 44.3 Å². The normalized spacial score (nSPS) is 17.6. The maximum Gasteiger partial charge on any atom is 0.419 e. The fourth-order valence-corrected chi connectivity index (χ4v) is 7.43. The number of para-hydroxylation sites is 1. The van der Waals surface area contributed by atoms with Crippen molar-refractivity contribution in [1.29, 1.82) is 0 Å². The van der Waals surface area contributed by atoms with Gasteiger partial charge < -0.3 is 14.2 Å². The molecule has 2 amide bonds. The summed E-state index contributed by atoms with van der Waals surface area (Å²) in [4.78, 5) is 58.0. The van der Waals surface area contributed by atoms with Gasteiger partial charge in [-0.1, -0.05) is 18.2 Å². The van der Waals surface area contributed by atoms with Crippen LogP contribution in [0.3, 0.4) is 0 Å². The van der Waals surface area contributed by atoms with E-state index >= 15 is 4.39 Å². The smallest absolute Gasteiger partial charge is 0.419 e. The highest BCUT2D eigenvalue weighted by Gasteiger charge is 2.39. The molecule has 0 spiro atoms. The molecule has 1 aromatic carbocycles. The molecular weight excluding hydrogens is 719 g/mol. The number of carbonyl (C=O) groups is 3. The molecule has 5 aromatic rings. The van der Waals surface area contributed by atoms with Crippen molar-refractivity contribution in [3.8, 4) is 11.4 Å². The van der Waals surface area contributed by atoms with Crippen molar-refractivity contribution in [3.63, 3.8) is 0 Å². The van der Waals surface area contributed by atoms with E-state index in [1.807, 2.05) is 45.0 Å². The van der Waals surface area contributed by atoms with Gasteiger partial charge in [0.15, 0.2) is 11.5 Å². The van der Waals surface area contributed by atoms with Crippen LogP contribution in [0.2, 0.25) is 0 Å². The Balaban J connectivity index is 1.28. The van der Waals surface area contributed by atoms with E-state index in [-0.39, 0.29) is 23.0 Å². The highest BCUT2D eigenvalue weighted by atomic mass is 19.1. The average Bonchev–Trinajstić information content (AvgIpc) is 3.84. The average molecular weight is 769 g/mol. The zero-order valence-corrected chi connectivity index (χ0v) is 33.4. The lowest BCUT2D eigenvalue weighted by molar-refractivity contribution is 0.0218. The van der Waals surface area contributed by atoms with Gasteiger partial charge in [-0.05, 0) is 112 Å². The van der Waals surface area contributed by atoms with Crippen LogP contribution in [-0.2, 0) is 27.1 Å². The van der Waals surface area contributed by atoms with E-state index in [1.165, 1.54) is 26.6 Å². The van der Waals surface area contributed by atoms with Gasteiger partial charge in [-0.2, -0.15) is 14.6 Å². The summed E-state index contributed by atoms with van der Waals surface area (Å²) in [5.74, 6) is -0.371. The summed E-state index contributed by atoms with van der Waals surface area (Å²) in [7, 11) is 0. The van der Waals surface area contributed by atoms with Crippen LogP contribution in [0.4, 0.5) is 24.7 Å². The highest BCUT2D eigenvalue weighted by molar-refractivity contribution is 5.94. The minimum Gasteiger partial charge on any atom is -0.444 e. The molecule has 2 atom stereocenters. The van der Waals surface area contributed by atoms with Crippen molar-refractivity contribution in [1.82, 2.24) is 34.0 Å². The fraction of sp³-hybridized carbons (Fsp3) is 0.488. The summed E-state index contributed by atoms with van der Waals surface area (Å²) < 4.78 is 36.6. The zero-order valence-electron chi connectivity index (χ0n) is 33.4. The number of hydrogen-bond acceptors (Lipinski definition) is 10. The number of likely N-dealkylation sites (tertiary alicyclic amines) is 1. The summed E-state index contributed by atoms with van der Waals surface area (Å²) in [5, 5.41) is 5.35. The van der Waals surface area contributed by atoms with E-state index in [9.17, 15) is 14.4 Å². The number of amides is 2. The van der Waals surface area contributed by atoms with Gasteiger partial charge >= 0.3 is 18.3 Å². The summed E-state index contributed by atoms with van der Waals surface area (Å²) in [6.45, 7) is 16.6. The number of halogens is 1. The van der Waals surface area contributed by atoms with Gasteiger partial charge in [0.2, 0.25) is 5.95 Å². The van der Waals surface area contributed by atoms with E-state index in [0.717, 1.165) is 22.2 Å². The first-order valence-corrected chi connectivity index (χ1v) is 19.0. The number of carbonyl (C=O) groups excluding carboxylic acids is 3. The monoisotopic (exact) mass is 768 g/mol. The molecule has 4 aromatic heterocycles. The second-order valence-electron chi connectivity index (χ2n) is 17.4. The van der Waals surface area contributed by atoms with Crippen LogP contribution in [-0.4, -0.2) is 81.7 Å². The largest absolute Gasteiger partial charge is 0.444 e. The van der Waals surface area contributed by atoms with Crippen LogP contribution >= 0.6 is 0 Å². The Bertz CT molecular complexity index is 2330. The number of benzene rings is 1. The number of pyridine rings is 1. The van der Waals surface area contributed by atoms with E-state index in [4.69, 9.17) is 19.2 Å². The second kappa shape index (κ2) is 14.2. The Morgan fingerprint density at radius 1 is 0.875 bits per heavy atom. The van der Waals surface area contributed by atoms with Gasteiger partial charge in [0.1, 0.15) is 22.6 Å². The van der Waals surface area contributed by atoms with E-state index in [2.05, 4.69) is 15.1 Å². The quantitative estimate of drug-likeness (QED) is 0.163. The number of nitrogens with zero attached hydrogens (tertiary/aromatic N) is 8. The molecule has 0 saturated carbocycles. The molecule has 1 aliphatic carbocycles. The molecule has 7 rings (SSSR count). The number of rotatable bonds is 4. The Hall–Kier alpha value is -5.60. The van der Waals surface area contributed by atoms with Crippen LogP contribution in [0, 0.1) is 5.82 Å². The Morgan fingerprint density at radius 3 is 2.27 bits per heavy atom. The van der Waals surface area contributed by atoms with Crippen LogP contribution in [0.1, 0.15) is 105 Å². The number of aromatic nitrogens is 6. The van der Waals surface area contributed by atoms with Crippen molar-refractivity contribution in [2.75, 3.05) is 11.4 Å². The van der Waals surface area contributed by atoms with Crippen molar-refractivity contribution < 1.29 is 33.0 Å². The number of anilines is 1. The first kappa shape index (κ1) is 38.7. The molecule has 0 N–H and O–H groups in total. The van der Waals surface area contributed by atoms with Gasteiger partial charge in [0, 0.05) is 41.5 Å². The maximum absolute atomic E-state index is 16.1. The third kappa shape index (κ3) is 7.76. The van der Waals surface area contributed by atoms with Gasteiger partial charge in [-0.3, -0.25) is 9.88 Å². The fourth-order valence-electron chi connectivity index (χ4n) is 7.43. The standard InChI is InChI=1S/C41H49FN8O6/c1-39(2,3)54-36(51)47-20-12-15-31(47)33-28(42)21-24(23-43-33)34-45-32-18-19-44-50(32)35(46-34)48(37(52)55-40(4,5)6)25-16-17-30-27(22-25)26-13-10-11-14-29(26)49(30)38(53)56-41(7,8)9/h10-11,13-14,18-19,21,23,25,31H,12,15-17,20,22H2,1-9H3/t25-,31+/m1/s1. The molecule has 5 heterocycles. The van der Waals surface area contributed by atoms with Crippen molar-refractivity contribution in [2.45, 2.75) is 123 Å². The lowest BCUT2D eigenvalue weighted by atomic mass is 9.90. The second-order valence-corrected chi connectivity index (χ2v) is 17.4. The molecule has 1 fully saturated rings. The van der Waals surface area contributed by atoms with Crippen LogP contribution in [0.25, 0.3) is 27.9 Å². The summed E-state index contributed by atoms with van der Waals surface area (Å²) in [6, 6.07) is 9.56. The highest BCUT2D eigenvalue weighted by Crippen LogP contribution is 2.38. The van der Waals surface area contributed by atoms with Gasteiger partial charge in [0.25, 0.3) is 0 Å². The van der Waals surface area contributed by atoms with Crippen molar-refractivity contribution in [2.24, 2.45) is 0 Å². The Morgan fingerprint density at radius 2 is 1.57 bits per heavy atom. The van der Waals surface area contributed by atoms with Crippen LogP contribution in [0.5, 0.6) is 0 Å². The van der Waals surface area contributed by atoms with Gasteiger partial charge in [-0.15, -0.1) is 0 Å². The third-order valence-corrected chi connectivity index (χ3v) is 9.55. The van der Waals surface area contributed by atoms with E-state index < -0.39 is 53.0 Å². The van der Waals surface area contributed by atoms with Crippen molar-refractivity contribution >= 4 is 40.8 Å². The predicted molar refractivity (Wildman–Crippen MR) is 207 cm³/mol. The van der Waals surface area contributed by atoms with Crippen LogP contribution < -0.4 is 4.90 Å². The summed E-state index contributed by atoms with van der Waals surface area (Å²) in [5.41, 5.74) is 0.974. The molecule has 14 nitrogen and oxygen atoms in total. The molecule has 1 saturated heterocycles. The molecule has 2 aliphatic rings. The Kier molecular flexibility index (Phi) is 9.78. The molecular formula is C41H49FN8O6. The van der Waals surface area contributed by atoms with E-state index in [1.54, 1.807) is 58.4 Å². The van der Waals surface area contributed by atoms with Gasteiger partial charge in [-0.25, -0.2) is 33.2 Å². The number of fused-ring (bicyclic) bond motifs is 4. The maximum atomic E-state index is 16.1. The van der Waals surface area contributed by atoms with Crippen molar-refractivity contribution in [3.05, 3.63) is 71.6 Å². The van der Waals surface area contributed by atoms with Crippen LogP contribution in [0.15, 0.2) is 48.8 Å². The minimum absolute atomic E-state index is 0.118. The molecule has 0 radical (unpaired) electrons. The molecule has 296 valence electrons. The SMILES string of the molecule is CC(C)(C)OC(=O)N1CCC[C@H]1c1ncc(-c2nc(N(C(=O)OC(C)(C)C)[C@@H]3CCc4c(c5ccccc5n4C(=O)OC(C)(C)C)C3)n3nccc3n2)cc1F. The minimum atomic E-state index is -0.850. The molecule has 0 bridgehead atoms. The topological polar surface area (TPSA) is 146 Å². The molecule has 1 aliphatic heterocycles. The Labute approximate surface area is 325 Å². The lowest BCUT2D eigenvalue weighted by Gasteiger charge is -2.35. The third-order valence-electron chi connectivity index (χ3n) is 9.55. The predicted octanol–water partition coefficient (Wildman–Crippen LogP) is 8.43. The number of hydrogen-bond donors (Lipinski definition) is 0. The summed E-state index contributed by atoms with van der Waals surface area (Å²) in [6.07, 6.45) is 3.89. The molecule has 56 heavy (non-hydrogen) atoms. The summed E-state index contributed by atoms with van der Waals surface area (Å²) >= 11 is 0. The molecule has 0 unspecified atom stereocenters. The van der Waals surface area contributed by atoms with Gasteiger partial charge in [0.05, 0.1) is 23.4 Å². The first-order valence-electron chi connectivity index (χ1n) is 19.0. The molecule has 15 heteroatoms. The lowest BCUT2D eigenvalue weighted by Crippen LogP contribution is -2.47. The first-order chi connectivity index (χ1) is 26.3. The number of ether oxygens (including phenoxy) is 3. The zero-order chi connectivity index (χ0) is 40.3.